The van der Waals surface area contributed by atoms with E-state index >= 15 is 0 Å². The number of nitrogens with one attached hydrogen (secondary N) is 2. The van der Waals surface area contributed by atoms with Crippen molar-refractivity contribution in [3.8, 4) is 0 Å². The SMILES string of the molecule is ClC1=C(Cl)c2nc1cc1ccc(cc3ccc(cc4nc(c2Cl)C=C4)[nH]3)[nH]1. The van der Waals surface area contributed by atoms with E-state index in [0.29, 0.717) is 32.2 Å². The second-order valence-electron chi connectivity index (χ2n) is 6.21. The Morgan fingerprint density at radius 2 is 1.30 bits per heavy atom. The van der Waals surface area contributed by atoms with Crippen LogP contribution in [0.3, 0.4) is 0 Å². The largest absolute Gasteiger partial charge is 0.355 e. The first-order valence-electron chi connectivity index (χ1n) is 8.18. The van der Waals surface area contributed by atoms with Crippen LogP contribution in [0.1, 0.15) is 22.8 Å². The van der Waals surface area contributed by atoms with Crippen LogP contribution < -0.4 is 0 Å². The van der Waals surface area contributed by atoms with Gasteiger partial charge in [-0.3, -0.25) is 0 Å². The molecule has 3 aromatic heterocycles. The van der Waals surface area contributed by atoms with Gasteiger partial charge in [0.1, 0.15) is 5.69 Å². The molecule has 0 amide bonds. The molecule has 2 aliphatic rings. The zero-order chi connectivity index (χ0) is 18.5. The zero-order valence-electron chi connectivity index (χ0n) is 13.7. The van der Waals surface area contributed by atoms with Gasteiger partial charge in [-0.1, -0.05) is 34.8 Å². The molecule has 0 saturated carbocycles. The number of rotatable bonds is 0. The lowest BCUT2D eigenvalue weighted by atomic mass is 10.3. The Balaban J connectivity index is 1.91. The van der Waals surface area contributed by atoms with Gasteiger partial charge in [0, 0.05) is 22.1 Å². The number of hydrogen-bond acceptors (Lipinski definition) is 2. The molecule has 4 nitrogen and oxygen atoms in total. The molecule has 2 N–H and O–H groups in total. The minimum atomic E-state index is 0.317. The third kappa shape index (κ3) is 2.96. The van der Waals surface area contributed by atoms with Crippen molar-refractivity contribution in [3.05, 3.63) is 70.3 Å². The van der Waals surface area contributed by atoms with Crippen LogP contribution in [0.4, 0.5) is 0 Å². The van der Waals surface area contributed by atoms with Crippen LogP contribution >= 0.6 is 34.8 Å². The number of H-pyrrole nitrogens is 2. The summed E-state index contributed by atoms with van der Waals surface area (Å²) in [4.78, 5) is 15.7. The van der Waals surface area contributed by atoms with Gasteiger partial charge in [-0.05, 0) is 54.6 Å². The van der Waals surface area contributed by atoms with Crippen LogP contribution in [-0.4, -0.2) is 19.9 Å². The predicted molar refractivity (Wildman–Crippen MR) is 113 cm³/mol. The van der Waals surface area contributed by atoms with Crippen molar-refractivity contribution >= 4 is 79.1 Å². The van der Waals surface area contributed by atoms with Crippen molar-refractivity contribution in [1.82, 2.24) is 19.9 Å². The number of fused-ring (bicyclic) bond motifs is 8. The highest BCUT2D eigenvalue weighted by molar-refractivity contribution is 6.66. The molecule has 0 saturated heterocycles. The van der Waals surface area contributed by atoms with E-state index in [0.717, 1.165) is 27.8 Å². The Bertz CT molecular complexity index is 1310. The number of aromatic nitrogens is 4. The Morgan fingerprint density at radius 1 is 0.667 bits per heavy atom. The standard InChI is InChI=1S/C20H11Cl3N4/c21-17-16-9-14-4-3-11(25-14)7-10-1-2-12(24-10)8-13-5-6-15(26-13)18(22)20(27-16)19(17)23/h1-9,24-25H. The van der Waals surface area contributed by atoms with Crippen molar-refractivity contribution in [3.63, 3.8) is 0 Å². The van der Waals surface area contributed by atoms with Gasteiger partial charge in [-0.15, -0.1) is 0 Å². The summed E-state index contributed by atoms with van der Waals surface area (Å²) in [6.45, 7) is 0. The molecule has 0 unspecified atom stereocenters. The maximum atomic E-state index is 6.53. The molecule has 5 heterocycles. The van der Waals surface area contributed by atoms with E-state index in [-0.39, 0.29) is 0 Å². The molecule has 0 aliphatic carbocycles. The van der Waals surface area contributed by atoms with Crippen molar-refractivity contribution in [2.75, 3.05) is 0 Å². The average Bonchev–Trinajstić information content (AvgIpc) is 3.42. The van der Waals surface area contributed by atoms with E-state index in [1.54, 1.807) is 0 Å². The van der Waals surface area contributed by atoms with E-state index in [9.17, 15) is 0 Å². The first-order chi connectivity index (χ1) is 13.1. The molecule has 2 aliphatic heterocycles. The lowest BCUT2D eigenvalue weighted by Crippen LogP contribution is -1.83. The summed E-state index contributed by atoms with van der Waals surface area (Å²) in [5.74, 6) is 0. The summed E-state index contributed by atoms with van der Waals surface area (Å²) >= 11 is 19.3. The Morgan fingerprint density at radius 3 is 2.00 bits per heavy atom. The van der Waals surface area contributed by atoms with E-state index < -0.39 is 0 Å². The third-order valence-electron chi connectivity index (χ3n) is 4.32. The molecule has 0 fully saturated rings. The van der Waals surface area contributed by atoms with Gasteiger partial charge < -0.3 is 9.97 Å². The summed E-state index contributed by atoms with van der Waals surface area (Å²) in [7, 11) is 0. The van der Waals surface area contributed by atoms with Gasteiger partial charge in [-0.2, -0.15) is 0 Å². The summed E-state index contributed by atoms with van der Waals surface area (Å²) in [6.07, 6.45) is 3.73. The van der Waals surface area contributed by atoms with E-state index in [2.05, 4.69) is 19.9 Å². The highest BCUT2D eigenvalue weighted by atomic mass is 35.5. The molecule has 27 heavy (non-hydrogen) atoms. The van der Waals surface area contributed by atoms with Gasteiger partial charge in [0.2, 0.25) is 0 Å². The van der Waals surface area contributed by atoms with Gasteiger partial charge in [0.25, 0.3) is 0 Å². The molecule has 132 valence electrons. The van der Waals surface area contributed by atoms with E-state index in [1.165, 1.54) is 0 Å². The fraction of sp³-hybridized carbons (Fsp3) is 0. The lowest BCUT2D eigenvalue weighted by Gasteiger charge is -1.95. The molecular weight excluding hydrogens is 403 g/mol. The predicted octanol–water partition coefficient (Wildman–Crippen LogP) is 6.44. The van der Waals surface area contributed by atoms with Gasteiger partial charge in [0.15, 0.2) is 0 Å². The van der Waals surface area contributed by atoms with Crippen LogP contribution in [0.15, 0.2) is 42.5 Å². The fourth-order valence-corrected chi connectivity index (χ4v) is 3.76. The molecule has 0 radical (unpaired) electrons. The summed E-state index contributed by atoms with van der Waals surface area (Å²) in [6, 6.07) is 13.8. The van der Waals surface area contributed by atoms with Crippen molar-refractivity contribution in [2.45, 2.75) is 0 Å². The highest BCUT2D eigenvalue weighted by Crippen LogP contribution is 2.39. The second-order valence-corrected chi connectivity index (χ2v) is 7.35. The lowest BCUT2D eigenvalue weighted by molar-refractivity contribution is 1.27. The summed E-state index contributed by atoms with van der Waals surface area (Å²) in [5.41, 5.74) is 6.09. The summed E-state index contributed by atoms with van der Waals surface area (Å²) < 4.78 is 0. The maximum Gasteiger partial charge on any atom is 0.105 e. The fourth-order valence-electron chi connectivity index (χ4n) is 3.05. The zero-order valence-corrected chi connectivity index (χ0v) is 16.0. The minimum Gasteiger partial charge on any atom is -0.355 e. The Labute approximate surface area is 169 Å². The third-order valence-corrected chi connectivity index (χ3v) is 5.54. The molecular formula is C20H11Cl3N4. The number of nitrogens with zero attached hydrogens (tertiary/aromatic N) is 2. The van der Waals surface area contributed by atoms with E-state index in [1.807, 2.05) is 54.6 Å². The highest BCUT2D eigenvalue weighted by Gasteiger charge is 2.21. The van der Waals surface area contributed by atoms with E-state index in [4.69, 9.17) is 34.8 Å². The molecule has 7 heteroatoms. The minimum absolute atomic E-state index is 0.317. The second kappa shape index (κ2) is 6.27. The van der Waals surface area contributed by atoms with Crippen LogP contribution in [-0.2, 0) is 0 Å². The average molecular weight is 414 g/mol. The first-order valence-corrected chi connectivity index (χ1v) is 9.31. The van der Waals surface area contributed by atoms with Crippen LogP contribution in [0.2, 0.25) is 5.02 Å². The van der Waals surface area contributed by atoms with Crippen LogP contribution in [0.25, 0.3) is 44.3 Å². The van der Waals surface area contributed by atoms with Crippen molar-refractivity contribution in [1.29, 1.82) is 0 Å². The van der Waals surface area contributed by atoms with Crippen LogP contribution in [0, 0.1) is 0 Å². The molecule has 0 atom stereocenters. The Kier molecular flexibility index (Phi) is 3.86. The number of aromatic amines is 2. The van der Waals surface area contributed by atoms with Gasteiger partial charge in [0.05, 0.1) is 32.2 Å². The molecule has 5 rings (SSSR count). The molecule has 0 spiro atoms. The Hall–Kier alpha value is -2.53. The first kappa shape index (κ1) is 16.6. The maximum absolute atomic E-state index is 6.53. The van der Waals surface area contributed by atoms with Gasteiger partial charge in [-0.25, -0.2) is 9.97 Å². The topological polar surface area (TPSA) is 57.4 Å². The molecule has 3 aromatic rings. The van der Waals surface area contributed by atoms with Gasteiger partial charge >= 0.3 is 0 Å². The number of halogens is 3. The normalized spacial score (nSPS) is 13.4. The smallest absolute Gasteiger partial charge is 0.105 e. The van der Waals surface area contributed by atoms with Crippen molar-refractivity contribution in [2.24, 2.45) is 0 Å². The van der Waals surface area contributed by atoms with Crippen molar-refractivity contribution < 1.29 is 0 Å². The molecule has 8 bridgehead atoms. The number of hydrogen-bond donors (Lipinski definition) is 2. The quantitative estimate of drug-likeness (QED) is 0.348. The summed E-state index contributed by atoms with van der Waals surface area (Å²) in [5, 5.41) is 1.04. The monoisotopic (exact) mass is 412 g/mol. The van der Waals surface area contributed by atoms with Crippen LogP contribution in [0.5, 0.6) is 0 Å². The molecule has 0 aromatic carbocycles.